The van der Waals surface area contributed by atoms with Crippen molar-refractivity contribution >= 4 is 35.0 Å². The quantitative estimate of drug-likeness (QED) is 0.478. The molecule has 0 aromatic heterocycles. The number of carbonyl (C=O) groups excluding carboxylic acids is 3. The first kappa shape index (κ1) is 25.9. The Kier molecular flexibility index (Phi) is 7.19. The van der Waals surface area contributed by atoms with E-state index in [1.165, 1.54) is 4.90 Å². The van der Waals surface area contributed by atoms with E-state index in [0.717, 1.165) is 12.8 Å². The molecule has 3 aliphatic rings. The van der Waals surface area contributed by atoms with Crippen LogP contribution in [0.4, 0.5) is 5.69 Å². The maximum atomic E-state index is 14.1. The minimum Gasteiger partial charge on any atom is -0.394 e. The molecular formula is C26H36ClN3O5. The normalized spacial score (nSPS) is 32.9. The van der Waals surface area contributed by atoms with Gasteiger partial charge < -0.3 is 25.4 Å². The van der Waals surface area contributed by atoms with Crippen molar-refractivity contribution < 1.29 is 24.2 Å². The first-order valence-corrected chi connectivity index (χ1v) is 13.0. The summed E-state index contributed by atoms with van der Waals surface area (Å²) in [5, 5.41) is 16.8. The summed E-state index contributed by atoms with van der Waals surface area (Å²) in [4.78, 5) is 42.8. The zero-order chi connectivity index (χ0) is 25.5. The van der Waals surface area contributed by atoms with Crippen LogP contribution in [0, 0.1) is 17.8 Å². The number of likely N-dealkylation sites (tertiary alicyclic amines) is 1. The molecule has 3 amide bonds. The lowest BCUT2D eigenvalue weighted by molar-refractivity contribution is -0.149. The van der Waals surface area contributed by atoms with Gasteiger partial charge in [-0.15, -0.1) is 0 Å². The van der Waals surface area contributed by atoms with E-state index in [-0.39, 0.29) is 30.2 Å². The molecule has 0 aliphatic carbocycles. The van der Waals surface area contributed by atoms with Crippen molar-refractivity contribution in [2.45, 2.75) is 76.7 Å². The van der Waals surface area contributed by atoms with Crippen LogP contribution >= 0.6 is 11.6 Å². The second-order valence-corrected chi connectivity index (χ2v) is 10.8. The Labute approximate surface area is 211 Å². The van der Waals surface area contributed by atoms with Crippen LogP contribution in [0.25, 0.3) is 0 Å². The van der Waals surface area contributed by atoms with Crippen molar-refractivity contribution in [3.63, 3.8) is 0 Å². The summed E-state index contributed by atoms with van der Waals surface area (Å²) >= 11 is 6.00. The summed E-state index contributed by atoms with van der Waals surface area (Å²) < 4.78 is 6.60. The molecule has 0 saturated carbocycles. The molecule has 2 unspecified atom stereocenters. The number of ether oxygens (including phenoxy) is 1. The first-order valence-electron chi connectivity index (χ1n) is 12.6. The van der Waals surface area contributed by atoms with Crippen LogP contribution in [0.15, 0.2) is 24.3 Å². The monoisotopic (exact) mass is 505 g/mol. The summed E-state index contributed by atoms with van der Waals surface area (Å²) in [6.45, 7) is 8.02. The highest BCUT2D eigenvalue weighted by molar-refractivity contribution is 6.30. The SMILES string of the molecule is CCCNC(=O)[C@H]1[C@H]2C(=O)N([C@@H](CO)[C@@H](C)CC)C(C(=O)Nc3ccc(Cl)cc3)C23CC[C@]1(C)O3. The van der Waals surface area contributed by atoms with Gasteiger partial charge in [0.25, 0.3) is 0 Å². The standard InChI is InChI=1S/C26H36ClN3O5/c1-5-13-28-22(32)19-20-24(34)30(18(14-31)15(3)6-2)21(26(20)12-11-25(19,4)35-26)23(33)29-17-9-7-16(27)8-10-17/h7-10,15,18-21,31H,5-6,11-14H2,1-4H3,(H,28,32)(H,29,33)/t15-,18-,19+,20-,21?,25-,26?/m0/s1. The number of amides is 3. The van der Waals surface area contributed by atoms with Gasteiger partial charge in [0.1, 0.15) is 11.6 Å². The molecule has 1 aromatic carbocycles. The lowest BCUT2D eigenvalue weighted by Gasteiger charge is -2.39. The first-order chi connectivity index (χ1) is 16.6. The van der Waals surface area contributed by atoms with E-state index in [4.69, 9.17) is 16.3 Å². The number of aliphatic hydroxyl groups is 1. The fourth-order valence-corrected chi connectivity index (χ4v) is 6.46. The predicted octanol–water partition coefficient (Wildman–Crippen LogP) is 2.98. The highest BCUT2D eigenvalue weighted by Crippen LogP contribution is 2.63. The second-order valence-electron chi connectivity index (χ2n) is 10.4. The van der Waals surface area contributed by atoms with Crippen molar-refractivity contribution in [2.24, 2.45) is 17.8 Å². The number of nitrogens with one attached hydrogen (secondary N) is 2. The summed E-state index contributed by atoms with van der Waals surface area (Å²) in [7, 11) is 0. The molecule has 35 heavy (non-hydrogen) atoms. The van der Waals surface area contributed by atoms with Gasteiger partial charge in [-0.2, -0.15) is 0 Å². The molecule has 3 aliphatic heterocycles. The molecule has 8 nitrogen and oxygen atoms in total. The van der Waals surface area contributed by atoms with E-state index in [9.17, 15) is 19.5 Å². The topological polar surface area (TPSA) is 108 Å². The van der Waals surface area contributed by atoms with E-state index in [0.29, 0.717) is 30.1 Å². The Hall–Kier alpha value is -2.16. The number of hydrogen-bond acceptors (Lipinski definition) is 5. The lowest BCUT2D eigenvalue weighted by atomic mass is 9.66. The minimum absolute atomic E-state index is 0.0508. The maximum Gasteiger partial charge on any atom is 0.250 e. The lowest BCUT2D eigenvalue weighted by Crippen LogP contribution is -2.57. The fraction of sp³-hybridized carbons (Fsp3) is 0.654. The van der Waals surface area contributed by atoms with Crippen molar-refractivity contribution in [2.75, 3.05) is 18.5 Å². The van der Waals surface area contributed by atoms with Crippen LogP contribution in [0.5, 0.6) is 0 Å². The molecule has 3 saturated heterocycles. The van der Waals surface area contributed by atoms with Crippen LogP contribution in [0.3, 0.4) is 0 Å². The Balaban J connectivity index is 1.77. The minimum atomic E-state index is -1.13. The van der Waals surface area contributed by atoms with E-state index in [1.54, 1.807) is 24.3 Å². The molecule has 0 radical (unpaired) electrons. The Morgan fingerprint density at radius 3 is 2.51 bits per heavy atom. The number of halogens is 1. The van der Waals surface area contributed by atoms with Gasteiger partial charge in [0, 0.05) is 17.3 Å². The summed E-state index contributed by atoms with van der Waals surface area (Å²) in [5.41, 5.74) is -1.40. The third-order valence-corrected chi connectivity index (χ3v) is 8.50. The maximum absolute atomic E-state index is 14.1. The van der Waals surface area contributed by atoms with Gasteiger partial charge in [-0.25, -0.2) is 0 Å². The number of anilines is 1. The summed E-state index contributed by atoms with van der Waals surface area (Å²) in [6, 6.07) is 5.22. The zero-order valence-corrected chi connectivity index (χ0v) is 21.6. The molecule has 1 aromatic rings. The molecule has 4 rings (SSSR count). The highest BCUT2D eigenvalue weighted by atomic mass is 35.5. The Morgan fingerprint density at radius 2 is 1.91 bits per heavy atom. The molecule has 7 atom stereocenters. The number of nitrogens with zero attached hydrogens (tertiary/aromatic N) is 1. The van der Waals surface area contributed by atoms with Gasteiger partial charge in [0.15, 0.2) is 0 Å². The van der Waals surface area contributed by atoms with Gasteiger partial charge in [-0.05, 0) is 56.4 Å². The van der Waals surface area contributed by atoms with Crippen molar-refractivity contribution in [1.29, 1.82) is 0 Å². The molecular weight excluding hydrogens is 470 g/mol. The van der Waals surface area contributed by atoms with Crippen LogP contribution < -0.4 is 10.6 Å². The van der Waals surface area contributed by atoms with Crippen LogP contribution in [0.1, 0.15) is 53.4 Å². The number of fused-ring (bicyclic) bond motifs is 1. The van der Waals surface area contributed by atoms with Gasteiger partial charge in [-0.1, -0.05) is 38.8 Å². The number of benzene rings is 1. The third-order valence-electron chi connectivity index (χ3n) is 8.25. The molecule has 3 N–H and O–H groups in total. The molecule has 2 bridgehead atoms. The fourth-order valence-electron chi connectivity index (χ4n) is 6.34. The number of rotatable bonds is 9. The smallest absolute Gasteiger partial charge is 0.250 e. The molecule has 1 spiro atoms. The summed E-state index contributed by atoms with van der Waals surface area (Å²) in [5.74, 6) is -2.41. The van der Waals surface area contributed by atoms with Crippen LogP contribution in [-0.4, -0.2) is 64.2 Å². The highest BCUT2D eigenvalue weighted by Gasteiger charge is 2.78. The Bertz CT molecular complexity index is 988. The number of carbonyl (C=O) groups is 3. The van der Waals surface area contributed by atoms with Crippen LogP contribution in [0.2, 0.25) is 5.02 Å². The van der Waals surface area contributed by atoms with Gasteiger partial charge in [-0.3, -0.25) is 14.4 Å². The van der Waals surface area contributed by atoms with Gasteiger partial charge >= 0.3 is 0 Å². The summed E-state index contributed by atoms with van der Waals surface area (Å²) in [6.07, 6.45) is 2.56. The van der Waals surface area contributed by atoms with E-state index in [1.807, 2.05) is 27.7 Å². The van der Waals surface area contributed by atoms with Crippen molar-refractivity contribution in [3.8, 4) is 0 Å². The van der Waals surface area contributed by atoms with E-state index >= 15 is 0 Å². The van der Waals surface area contributed by atoms with Crippen molar-refractivity contribution in [3.05, 3.63) is 29.3 Å². The average molecular weight is 506 g/mol. The zero-order valence-electron chi connectivity index (χ0n) is 20.8. The van der Waals surface area contributed by atoms with E-state index in [2.05, 4.69) is 10.6 Å². The molecule has 3 heterocycles. The molecule has 192 valence electrons. The number of hydrogen-bond donors (Lipinski definition) is 3. The largest absolute Gasteiger partial charge is 0.394 e. The molecule has 9 heteroatoms. The van der Waals surface area contributed by atoms with Gasteiger partial charge in [0.05, 0.1) is 30.1 Å². The van der Waals surface area contributed by atoms with Crippen LogP contribution in [-0.2, 0) is 19.1 Å². The van der Waals surface area contributed by atoms with Crippen molar-refractivity contribution in [1.82, 2.24) is 10.2 Å². The molecule has 3 fully saturated rings. The average Bonchev–Trinajstić information content (AvgIpc) is 3.40. The predicted molar refractivity (Wildman–Crippen MR) is 133 cm³/mol. The number of aliphatic hydroxyl groups excluding tert-OH is 1. The van der Waals surface area contributed by atoms with E-state index < -0.39 is 35.1 Å². The Morgan fingerprint density at radius 1 is 1.23 bits per heavy atom. The third kappa shape index (κ3) is 4.13. The van der Waals surface area contributed by atoms with Gasteiger partial charge in [0.2, 0.25) is 17.7 Å². The second kappa shape index (κ2) is 9.71.